The van der Waals surface area contributed by atoms with E-state index in [2.05, 4.69) is 11.4 Å². The van der Waals surface area contributed by atoms with Gasteiger partial charge in [-0.05, 0) is 32.0 Å². The minimum atomic E-state index is -0.190. The molecule has 0 aliphatic rings. The van der Waals surface area contributed by atoms with E-state index < -0.39 is 0 Å². The van der Waals surface area contributed by atoms with E-state index in [1.54, 1.807) is 24.3 Å². The Morgan fingerprint density at radius 2 is 1.86 bits per heavy atom. The molecule has 2 rings (SSSR count). The summed E-state index contributed by atoms with van der Waals surface area (Å²) < 4.78 is 10.9. The molecule has 2 aromatic carbocycles. The summed E-state index contributed by atoms with van der Waals surface area (Å²) in [5.41, 5.74) is 1.17. The van der Waals surface area contributed by atoms with Gasteiger partial charge in [-0.15, -0.1) is 0 Å². The molecule has 0 unspecified atom stereocenters. The van der Waals surface area contributed by atoms with E-state index in [1.165, 1.54) is 0 Å². The van der Waals surface area contributed by atoms with Crippen LogP contribution in [0.1, 0.15) is 24.2 Å². The third-order valence-corrected chi connectivity index (χ3v) is 2.77. The van der Waals surface area contributed by atoms with E-state index in [0.29, 0.717) is 36.0 Å². The molecule has 0 atom stereocenters. The molecule has 109 valence electrons. The highest BCUT2D eigenvalue weighted by molar-refractivity contribution is 6.05. The Morgan fingerprint density at radius 1 is 1.14 bits per heavy atom. The fraction of sp³-hybridized carbons (Fsp3) is 0.235. The first-order chi connectivity index (χ1) is 10.2. The van der Waals surface area contributed by atoms with Crippen LogP contribution in [0.3, 0.4) is 0 Å². The SMILES string of the molecule is CCOc1[c]cc(OCC)c(NC(=O)c2ccccc2)c1. The number of amides is 1. The molecule has 4 nitrogen and oxygen atoms in total. The lowest BCUT2D eigenvalue weighted by Crippen LogP contribution is -2.13. The Kier molecular flexibility index (Phi) is 5.21. The molecule has 0 aliphatic carbocycles. The van der Waals surface area contributed by atoms with Crippen molar-refractivity contribution in [3.63, 3.8) is 0 Å². The molecule has 0 aliphatic heterocycles. The van der Waals surface area contributed by atoms with Crippen molar-refractivity contribution in [3.05, 3.63) is 54.1 Å². The predicted octanol–water partition coefficient (Wildman–Crippen LogP) is 3.54. The van der Waals surface area contributed by atoms with Gasteiger partial charge in [-0.1, -0.05) is 18.2 Å². The van der Waals surface area contributed by atoms with E-state index in [-0.39, 0.29) is 5.91 Å². The van der Waals surface area contributed by atoms with Crippen molar-refractivity contribution in [2.45, 2.75) is 13.8 Å². The molecular weight excluding hydrogens is 266 g/mol. The minimum Gasteiger partial charge on any atom is -0.493 e. The highest BCUT2D eigenvalue weighted by Crippen LogP contribution is 2.29. The summed E-state index contributed by atoms with van der Waals surface area (Å²) in [6, 6.07) is 15.4. The van der Waals surface area contributed by atoms with Gasteiger partial charge in [0.2, 0.25) is 0 Å². The van der Waals surface area contributed by atoms with Crippen LogP contribution in [0.2, 0.25) is 0 Å². The summed E-state index contributed by atoms with van der Waals surface area (Å²) in [4.78, 5) is 12.2. The topological polar surface area (TPSA) is 47.6 Å². The fourth-order valence-electron chi connectivity index (χ4n) is 1.85. The van der Waals surface area contributed by atoms with E-state index in [4.69, 9.17) is 9.47 Å². The summed E-state index contributed by atoms with van der Waals surface area (Å²) in [6.07, 6.45) is 0. The first-order valence-electron chi connectivity index (χ1n) is 6.92. The van der Waals surface area contributed by atoms with Crippen LogP contribution in [0, 0.1) is 6.07 Å². The lowest BCUT2D eigenvalue weighted by atomic mass is 10.2. The lowest BCUT2D eigenvalue weighted by molar-refractivity contribution is 0.102. The van der Waals surface area contributed by atoms with Crippen LogP contribution in [0.5, 0.6) is 11.5 Å². The monoisotopic (exact) mass is 284 g/mol. The maximum Gasteiger partial charge on any atom is 0.255 e. The number of carbonyl (C=O) groups is 1. The molecule has 21 heavy (non-hydrogen) atoms. The number of hydrogen-bond donors (Lipinski definition) is 1. The molecule has 0 saturated heterocycles. The first-order valence-corrected chi connectivity index (χ1v) is 6.92. The van der Waals surface area contributed by atoms with Crippen LogP contribution >= 0.6 is 0 Å². The Bertz CT molecular complexity index is 596. The fourth-order valence-corrected chi connectivity index (χ4v) is 1.85. The number of nitrogens with one attached hydrogen (secondary N) is 1. The summed E-state index contributed by atoms with van der Waals surface area (Å²) in [5.74, 6) is 0.958. The molecule has 0 fully saturated rings. The number of rotatable bonds is 6. The molecule has 0 heterocycles. The molecule has 0 spiro atoms. The zero-order chi connectivity index (χ0) is 15.1. The number of hydrogen-bond acceptors (Lipinski definition) is 3. The van der Waals surface area contributed by atoms with Crippen LogP contribution < -0.4 is 14.8 Å². The van der Waals surface area contributed by atoms with Crippen LogP contribution in [0.15, 0.2) is 42.5 Å². The number of benzene rings is 2. The largest absolute Gasteiger partial charge is 0.493 e. The summed E-state index contributed by atoms with van der Waals surface area (Å²) in [5, 5.41) is 2.85. The second-order valence-electron chi connectivity index (χ2n) is 4.26. The summed E-state index contributed by atoms with van der Waals surface area (Å²) >= 11 is 0. The van der Waals surface area contributed by atoms with E-state index >= 15 is 0 Å². The molecular formula is C17H18NO3. The maximum absolute atomic E-state index is 12.2. The van der Waals surface area contributed by atoms with Gasteiger partial charge in [0, 0.05) is 17.7 Å². The van der Waals surface area contributed by atoms with Crippen LogP contribution in [0.25, 0.3) is 0 Å². The van der Waals surface area contributed by atoms with Gasteiger partial charge < -0.3 is 14.8 Å². The standard InChI is InChI=1S/C17H18NO3/c1-3-20-14-10-11-16(21-4-2)15(12-14)18-17(19)13-8-6-5-7-9-13/h5-9,11-12H,3-4H2,1-2H3,(H,18,19). The first kappa shape index (κ1) is 14.9. The van der Waals surface area contributed by atoms with Gasteiger partial charge in [-0.3, -0.25) is 4.79 Å². The molecule has 2 aromatic rings. The molecule has 0 saturated carbocycles. The third kappa shape index (κ3) is 3.99. The highest BCUT2D eigenvalue weighted by atomic mass is 16.5. The van der Waals surface area contributed by atoms with Gasteiger partial charge in [-0.25, -0.2) is 0 Å². The lowest BCUT2D eigenvalue weighted by Gasteiger charge is -2.13. The quantitative estimate of drug-likeness (QED) is 0.882. The number of carbonyl (C=O) groups excluding carboxylic acids is 1. The van der Waals surface area contributed by atoms with Crippen LogP contribution in [-0.4, -0.2) is 19.1 Å². The summed E-state index contributed by atoms with van der Waals surface area (Å²) in [7, 11) is 0. The second kappa shape index (κ2) is 7.33. The van der Waals surface area contributed by atoms with Crippen LogP contribution in [-0.2, 0) is 0 Å². The van der Waals surface area contributed by atoms with Crippen molar-refractivity contribution in [1.29, 1.82) is 0 Å². The second-order valence-corrected chi connectivity index (χ2v) is 4.26. The van der Waals surface area contributed by atoms with Gasteiger partial charge in [-0.2, -0.15) is 0 Å². The van der Waals surface area contributed by atoms with E-state index in [9.17, 15) is 4.79 Å². The van der Waals surface area contributed by atoms with Crippen molar-refractivity contribution in [1.82, 2.24) is 0 Å². The Balaban J connectivity index is 2.23. The third-order valence-electron chi connectivity index (χ3n) is 2.77. The predicted molar refractivity (Wildman–Crippen MR) is 82.0 cm³/mol. The van der Waals surface area contributed by atoms with E-state index in [0.717, 1.165) is 0 Å². The van der Waals surface area contributed by atoms with Gasteiger partial charge in [0.1, 0.15) is 11.5 Å². The van der Waals surface area contributed by atoms with Gasteiger partial charge in [0.05, 0.1) is 18.9 Å². The van der Waals surface area contributed by atoms with E-state index in [1.807, 2.05) is 32.0 Å². The molecule has 1 radical (unpaired) electrons. The molecule has 4 heteroatoms. The average Bonchev–Trinajstić information content (AvgIpc) is 2.51. The Morgan fingerprint density at radius 3 is 2.52 bits per heavy atom. The van der Waals surface area contributed by atoms with Crippen molar-refractivity contribution < 1.29 is 14.3 Å². The van der Waals surface area contributed by atoms with Crippen LogP contribution in [0.4, 0.5) is 5.69 Å². The Hall–Kier alpha value is -2.49. The van der Waals surface area contributed by atoms with Crippen molar-refractivity contribution in [3.8, 4) is 11.5 Å². The maximum atomic E-state index is 12.2. The van der Waals surface area contributed by atoms with Gasteiger partial charge >= 0.3 is 0 Å². The smallest absolute Gasteiger partial charge is 0.255 e. The average molecular weight is 284 g/mol. The highest BCUT2D eigenvalue weighted by Gasteiger charge is 2.11. The van der Waals surface area contributed by atoms with Crippen molar-refractivity contribution in [2.24, 2.45) is 0 Å². The molecule has 1 N–H and O–H groups in total. The van der Waals surface area contributed by atoms with Crippen molar-refractivity contribution in [2.75, 3.05) is 18.5 Å². The molecule has 0 aromatic heterocycles. The zero-order valence-corrected chi connectivity index (χ0v) is 12.2. The summed E-state index contributed by atoms with van der Waals surface area (Å²) in [6.45, 7) is 4.83. The minimum absolute atomic E-state index is 0.190. The molecule has 1 amide bonds. The number of ether oxygens (including phenoxy) is 2. The molecule has 0 bridgehead atoms. The zero-order valence-electron chi connectivity index (χ0n) is 12.2. The van der Waals surface area contributed by atoms with Gasteiger partial charge in [0.25, 0.3) is 5.91 Å². The Labute approximate surface area is 124 Å². The normalized spacial score (nSPS) is 10.0. The van der Waals surface area contributed by atoms with Gasteiger partial charge in [0.15, 0.2) is 0 Å². The van der Waals surface area contributed by atoms with Crippen molar-refractivity contribution >= 4 is 11.6 Å². The number of anilines is 1.